The first-order valence-electron chi connectivity index (χ1n) is 5.89. The van der Waals surface area contributed by atoms with E-state index >= 15 is 0 Å². The molecule has 0 aliphatic heterocycles. The van der Waals surface area contributed by atoms with Crippen LogP contribution in [-0.2, 0) is 16.6 Å². The van der Waals surface area contributed by atoms with Gasteiger partial charge in [0.05, 0.1) is 6.20 Å². The zero-order chi connectivity index (χ0) is 14.6. The normalized spacial score (nSPS) is 11.3. The van der Waals surface area contributed by atoms with Crippen molar-refractivity contribution in [1.29, 1.82) is 0 Å². The minimum Gasteiger partial charge on any atom is -0.439 e. The molecule has 1 heterocycles. The van der Waals surface area contributed by atoms with E-state index in [1.165, 1.54) is 18.3 Å². The molecule has 0 unspecified atom stereocenters. The first-order valence-corrected chi connectivity index (χ1v) is 7.44. The van der Waals surface area contributed by atoms with Gasteiger partial charge in [0.1, 0.15) is 10.6 Å². The lowest BCUT2D eigenvalue weighted by Crippen LogP contribution is -2.12. The third-order valence-corrected chi connectivity index (χ3v) is 3.44. The van der Waals surface area contributed by atoms with Crippen molar-refractivity contribution < 1.29 is 13.2 Å². The van der Waals surface area contributed by atoms with Crippen LogP contribution in [0, 0.1) is 0 Å². The van der Waals surface area contributed by atoms with E-state index in [4.69, 9.17) is 9.88 Å². The zero-order valence-electron chi connectivity index (χ0n) is 10.9. The monoisotopic (exact) mass is 293 g/mol. The third kappa shape index (κ3) is 3.77. The quantitative estimate of drug-likeness (QED) is 0.865. The molecular formula is C13H15N3O3S. The molecule has 106 valence electrons. The lowest BCUT2D eigenvalue weighted by Gasteiger charge is -2.07. The Morgan fingerprint density at radius 3 is 2.70 bits per heavy atom. The van der Waals surface area contributed by atoms with Gasteiger partial charge in [0.15, 0.2) is 0 Å². The summed E-state index contributed by atoms with van der Waals surface area (Å²) in [5.74, 6) is 0.938. The highest BCUT2D eigenvalue weighted by Gasteiger charge is 2.08. The molecule has 3 N–H and O–H groups in total. The molecule has 0 saturated heterocycles. The van der Waals surface area contributed by atoms with Crippen LogP contribution in [0.2, 0.25) is 0 Å². The lowest BCUT2D eigenvalue weighted by atomic mass is 10.2. The van der Waals surface area contributed by atoms with E-state index in [1.807, 2.05) is 25.2 Å². The van der Waals surface area contributed by atoms with E-state index < -0.39 is 10.0 Å². The Labute approximate surface area is 117 Å². The molecule has 0 amide bonds. The van der Waals surface area contributed by atoms with Crippen LogP contribution >= 0.6 is 0 Å². The van der Waals surface area contributed by atoms with Gasteiger partial charge in [-0.05, 0) is 30.8 Å². The summed E-state index contributed by atoms with van der Waals surface area (Å²) in [6.07, 6.45) is 1.17. The molecule has 1 aromatic heterocycles. The topological polar surface area (TPSA) is 94.3 Å². The molecule has 0 saturated carbocycles. The van der Waals surface area contributed by atoms with Gasteiger partial charge >= 0.3 is 0 Å². The molecule has 0 aliphatic carbocycles. The average Bonchev–Trinajstić information content (AvgIpc) is 2.39. The maximum absolute atomic E-state index is 11.1. The minimum absolute atomic E-state index is 0.0474. The van der Waals surface area contributed by atoms with Crippen molar-refractivity contribution in [3.05, 3.63) is 48.2 Å². The van der Waals surface area contributed by atoms with Crippen LogP contribution in [0.15, 0.2) is 47.5 Å². The fraction of sp³-hybridized carbons (Fsp3) is 0.154. The van der Waals surface area contributed by atoms with Crippen LogP contribution < -0.4 is 15.2 Å². The Hall–Kier alpha value is -1.96. The van der Waals surface area contributed by atoms with Gasteiger partial charge < -0.3 is 10.1 Å². The molecular weight excluding hydrogens is 278 g/mol. The summed E-state index contributed by atoms with van der Waals surface area (Å²) in [4.78, 5) is 3.87. The second-order valence-corrected chi connectivity index (χ2v) is 5.72. The zero-order valence-corrected chi connectivity index (χ0v) is 11.7. The Balaban J connectivity index is 2.16. The largest absolute Gasteiger partial charge is 0.439 e. The summed E-state index contributed by atoms with van der Waals surface area (Å²) in [6.45, 7) is 0.731. The first-order chi connectivity index (χ1) is 9.49. The van der Waals surface area contributed by atoms with Gasteiger partial charge in [0.2, 0.25) is 15.9 Å². The van der Waals surface area contributed by atoms with Crippen LogP contribution in [0.3, 0.4) is 0 Å². The molecule has 2 aromatic rings. The Kier molecular flexibility index (Phi) is 4.33. The van der Waals surface area contributed by atoms with Crippen LogP contribution in [0.1, 0.15) is 5.56 Å². The number of aromatic nitrogens is 1. The molecule has 2 rings (SSSR count). The summed E-state index contributed by atoms with van der Waals surface area (Å²) >= 11 is 0. The number of nitrogens with zero attached hydrogens (tertiary/aromatic N) is 1. The third-order valence-electron chi connectivity index (χ3n) is 2.54. The molecule has 6 nitrogen and oxygen atoms in total. The van der Waals surface area contributed by atoms with Crippen LogP contribution in [0.5, 0.6) is 11.6 Å². The summed E-state index contributed by atoms with van der Waals surface area (Å²) < 4.78 is 27.8. The van der Waals surface area contributed by atoms with Crippen molar-refractivity contribution in [2.45, 2.75) is 11.4 Å². The summed E-state index contributed by atoms with van der Waals surface area (Å²) in [5.41, 5.74) is 1.08. The maximum atomic E-state index is 11.1. The first kappa shape index (κ1) is 14.4. The van der Waals surface area contributed by atoms with E-state index in [0.29, 0.717) is 11.6 Å². The second kappa shape index (κ2) is 6.00. The molecule has 0 bridgehead atoms. The molecule has 0 aliphatic rings. The van der Waals surface area contributed by atoms with Crippen molar-refractivity contribution in [2.24, 2.45) is 5.14 Å². The molecule has 0 spiro atoms. The Morgan fingerprint density at radius 2 is 2.10 bits per heavy atom. The van der Waals surface area contributed by atoms with Gasteiger partial charge in [-0.3, -0.25) is 0 Å². The van der Waals surface area contributed by atoms with E-state index in [-0.39, 0.29) is 4.90 Å². The molecule has 0 atom stereocenters. The smallest absolute Gasteiger partial charge is 0.239 e. The fourth-order valence-electron chi connectivity index (χ4n) is 1.64. The fourth-order valence-corrected chi connectivity index (χ4v) is 2.10. The van der Waals surface area contributed by atoms with Crippen molar-refractivity contribution in [1.82, 2.24) is 10.3 Å². The van der Waals surface area contributed by atoms with Gasteiger partial charge in [0, 0.05) is 12.6 Å². The standard InChI is InChI=1S/C13H15N3O3S/c1-15-8-10-3-2-4-11(7-10)19-13-6-5-12(9-16-13)20(14,17)18/h2-7,9,15H,8H2,1H3,(H2,14,17,18). The van der Waals surface area contributed by atoms with Gasteiger partial charge in [0.25, 0.3) is 0 Å². The Bertz CT molecular complexity index is 684. The summed E-state index contributed by atoms with van der Waals surface area (Å²) in [5, 5.41) is 8.04. The predicted octanol–water partition coefficient (Wildman–Crippen LogP) is 1.24. The number of rotatable bonds is 5. The van der Waals surface area contributed by atoms with E-state index in [9.17, 15) is 8.42 Å². The predicted molar refractivity (Wildman–Crippen MR) is 74.9 cm³/mol. The SMILES string of the molecule is CNCc1cccc(Oc2ccc(S(N)(=O)=O)cn2)c1. The van der Waals surface area contributed by atoms with Crippen molar-refractivity contribution in [3.63, 3.8) is 0 Å². The van der Waals surface area contributed by atoms with Crippen molar-refractivity contribution >= 4 is 10.0 Å². The molecule has 20 heavy (non-hydrogen) atoms. The van der Waals surface area contributed by atoms with E-state index in [0.717, 1.165) is 12.1 Å². The number of nitrogens with two attached hydrogens (primary N) is 1. The van der Waals surface area contributed by atoms with Gasteiger partial charge in [-0.25, -0.2) is 18.5 Å². The van der Waals surface area contributed by atoms with Crippen LogP contribution in [-0.4, -0.2) is 20.4 Å². The Morgan fingerprint density at radius 1 is 1.30 bits per heavy atom. The number of ether oxygens (including phenoxy) is 1. The minimum atomic E-state index is -3.73. The van der Waals surface area contributed by atoms with Gasteiger partial charge in [-0.15, -0.1) is 0 Å². The molecule has 0 fully saturated rings. The van der Waals surface area contributed by atoms with Crippen molar-refractivity contribution in [3.8, 4) is 11.6 Å². The lowest BCUT2D eigenvalue weighted by molar-refractivity contribution is 0.461. The highest BCUT2D eigenvalue weighted by Crippen LogP contribution is 2.21. The molecule has 1 aromatic carbocycles. The van der Waals surface area contributed by atoms with Gasteiger partial charge in [-0.1, -0.05) is 12.1 Å². The highest BCUT2D eigenvalue weighted by atomic mass is 32.2. The number of hydrogen-bond donors (Lipinski definition) is 2. The number of sulfonamides is 1. The van der Waals surface area contributed by atoms with Crippen molar-refractivity contribution in [2.75, 3.05) is 7.05 Å². The maximum Gasteiger partial charge on any atom is 0.239 e. The number of pyridine rings is 1. The highest BCUT2D eigenvalue weighted by molar-refractivity contribution is 7.89. The van der Waals surface area contributed by atoms with E-state index in [2.05, 4.69) is 10.3 Å². The molecule has 7 heteroatoms. The number of benzene rings is 1. The van der Waals surface area contributed by atoms with Crippen LogP contribution in [0.4, 0.5) is 0 Å². The second-order valence-electron chi connectivity index (χ2n) is 4.16. The average molecular weight is 293 g/mol. The van der Waals surface area contributed by atoms with Gasteiger partial charge in [-0.2, -0.15) is 0 Å². The molecule has 0 radical (unpaired) electrons. The number of hydrogen-bond acceptors (Lipinski definition) is 5. The van der Waals surface area contributed by atoms with Crippen LogP contribution in [0.25, 0.3) is 0 Å². The summed E-state index contributed by atoms with van der Waals surface area (Å²) in [6, 6.07) is 10.3. The number of primary sulfonamides is 1. The number of nitrogens with one attached hydrogen (secondary N) is 1. The van der Waals surface area contributed by atoms with E-state index in [1.54, 1.807) is 6.07 Å². The summed E-state index contributed by atoms with van der Waals surface area (Å²) in [7, 11) is -1.87.